The lowest BCUT2D eigenvalue weighted by atomic mass is 10.1. The molecule has 1 heterocycles. The van der Waals surface area contributed by atoms with Crippen molar-refractivity contribution in [3.63, 3.8) is 0 Å². The fraction of sp³-hybridized carbons (Fsp3) is 0.900. The zero-order valence-corrected chi connectivity index (χ0v) is 9.45. The number of hydrogen-bond acceptors (Lipinski definition) is 4. The molecule has 2 atom stereocenters. The maximum Gasteiger partial charge on any atom is 0.407 e. The number of aliphatic hydroxyl groups excluding tert-OH is 1. The molecule has 1 amide bonds. The molecule has 0 bridgehead atoms. The van der Waals surface area contributed by atoms with Crippen molar-refractivity contribution >= 4 is 6.09 Å². The Kier molecular flexibility index (Phi) is 3.93. The number of carbonyl (C=O) groups is 1. The highest BCUT2D eigenvalue weighted by Gasteiger charge is 2.30. The number of nitrogens with one attached hydrogen (secondary N) is 1. The van der Waals surface area contributed by atoms with Gasteiger partial charge in [0, 0.05) is 6.61 Å². The zero-order valence-electron chi connectivity index (χ0n) is 9.45. The van der Waals surface area contributed by atoms with E-state index in [0.29, 0.717) is 13.0 Å². The molecular formula is C10H19NO4. The van der Waals surface area contributed by atoms with E-state index in [1.807, 2.05) is 0 Å². The van der Waals surface area contributed by atoms with Crippen LogP contribution in [0.3, 0.4) is 0 Å². The average molecular weight is 217 g/mol. The topological polar surface area (TPSA) is 67.8 Å². The summed E-state index contributed by atoms with van der Waals surface area (Å²) in [5.41, 5.74) is -0.502. The maximum absolute atomic E-state index is 11.4. The van der Waals surface area contributed by atoms with E-state index in [-0.39, 0.29) is 18.8 Å². The van der Waals surface area contributed by atoms with Crippen LogP contribution in [0, 0.1) is 0 Å². The lowest BCUT2D eigenvalue weighted by molar-refractivity contribution is 0.0322. The first-order valence-corrected chi connectivity index (χ1v) is 5.14. The Bertz CT molecular complexity index is 224. The summed E-state index contributed by atoms with van der Waals surface area (Å²) in [4.78, 5) is 11.4. The Morgan fingerprint density at radius 1 is 1.60 bits per heavy atom. The first kappa shape index (κ1) is 12.3. The van der Waals surface area contributed by atoms with E-state index in [9.17, 15) is 4.79 Å². The van der Waals surface area contributed by atoms with Crippen molar-refractivity contribution in [2.45, 2.75) is 44.9 Å². The minimum atomic E-state index is -0.502. The Labute approximate surface area is 89.8 Å². The van der Waals surface area contributed by atoms with Gasteiger partial charge in [0.2, 0.25) is 0 Å². The molecule has 5 nitrogen and oxygen atoms in total. The fourth-order valence-corrected chi connectivity index (χ4v) is 1.45. The van der Waals surface area contributed by atoms with Gasteiger partial charge in [-0.2, -0.15) is 0 Å². The highest BCUT2D eigenvalue weighted by Crippen LogP contribution is 2.14. The summed E-state index contributed by atoms with van der Waals surface area (Å²) >= 11 is 0. The average Bonchev–Trinajstić information content (AvgIpc) is 2.48. The monoisotopic (exact) mass is 217 g/mol. The maximum atomic E-state index is 11.4. The van der Waals surface area contributed by atoms with Crippen LogP contribution in [0.15, 0.2) is 0 Å². The van der Waals surface area contributed by atoms with Crippen molar-refractivity contribution in [2.75, 3.05) is 13.2 Å². The highest BCUT2D eigenvalue weighted by atomic mass is 16.6. The number of amides is 1. The summed E-state index contributed by atoms with van der Waals surface area (Å²) in [6.07, 6.45) is -0.0567. The molecule has 15 heavy (non-hydrogen) atoms. The second kappa shape index (κ2) is 4.81. The minimum absolute atomic E-state index is 0.0829. The van der Waals surface area contributed by atoms with Crippen molar-refractivity contribution in [3.05, 3.63) is 0 Å². The van der Waals surface area contributed by atoms with E-state index >= 15 is 0 Å². The van der Waals surface area contributed by atoms with Gasteiger partial charge in [-0.1, -0.05) is 0 Å². The van der Waals surface area contributed by atoms with Crippen molar-refractivity contribution in [1.82, 2.24) is 5.32 Å². The molecule has 0 aromatic rings. The van der Waals surface area contributed by atoms with Crippen molar-refractivity contribution < 1.29 is 19.4 Å². The predicted octanol–water partition coefficient (Wildman–Crippen LogP) is 0.661. The van der Waals surface area contributed by atoms with Gasteiger partial charge in [-0.15, -0.1) is 0 Å². The van der Waals surface area contributed by atoms with Crippen molar-refractivity contribution in [3.8, 4) is 0 Å². The fourth-order valence-electron chi connectivity index (χ4n) is 1.45. The van der Waals surface area contributed by atoms with Gasteiger partial charge in [0.25, 0.3) is 0 Å². The van der Waals surface area contributed by atoms with Crippen LogP contribution in [-0.4, -0.2) is 42.2 Å². The molecule has 5 heteroatoms. The SMILES string of the molecule is CC(C)(C)OC(=O)N[C@@H]1CCO[C@H]1CO. The molecule has 1 fully saturated rings. The van der Waals surface area contributed by atoms with Crippen molar-refractivity contribution in [1.29, 1.82) is 0 Å². The van der Waals surface area contributed by atoms with Gasteiger partial charge < -0.3 is 19.9 Å². The number of hydrogen-bond donors (Lipinski definition) is 2. The molecule has 2 N–H and O–H groups in total. The molecule has 1 aliphatic rings. The van der Waals surface area contributed by atoms with Crippen LogP contribution in [-0.2, 0) is 9.47 Å². The summed E-state index contributed by atoms with van der Waals surface area (Å²) in [5, 5.41) is 11.7. The number of ether oxygens (including phenoxy) is 2. The molecule has 0 aromatic carbocycles. The first-order valence-electron chi connectivity index (χ1n) is 5.14. The molecule has 0 aliphatic carbocycles. The Balaban J connectivity index is 2.37. The van der Waals surface area contributed by atoms with Crippen LogP contribution in [0.25, 0.3) is 0 Å². The van der Waals surface area contributed by atoms with E-state index in [0.717, 1.165) is 0 Å². The zero-order chi connectivity index (χ0) is 11.5. The van der Waals surface area contributed by atoms with E-state index in [1.165, 1.54) is 0 Å². The normalized spacial score (nSPS) is 26.4. The van der Waals surface area contributed by atoms with E-state index in [1.54, 1.807) is 20.8 Å². The summed E-state index contributed by atoms with van der Waals surface area (Å²) in [5.74, 6) is 0. The van der Waals surface area contributed by atoms with E-state index < -0.39 is 11.7 Å². The number of carbonyl (C=O) groups excluding carboxylic acids is 1. The smallest absolute Gasteiger partial charge is 0.407 e. The third kappa shape index (κ3) is 4.05. The Morgan fingerprint density at radius 3 is 2.80 bits per heavy atom. The summed E-state index contributed by atoms with van der Waals surface area (Å²) in [6.45, 7) is 5.90. The van der Waals surface area contributed by atoms with Gasteiger partial charge in [-0.25, -0.2) is 4.79 Å². The van der Waals surface area contributed by atoms with Crippen LogP contribution in [0.4, 0.5) is 4.79 Å². The highest BCUT2D eigenvalue weighted by molar-refractivity contribution is 5.68. The third-order valence-corrected chi connectivity index (χ3v) is 2.09. The van der Waals surface area contributed by atoms with Gasteiger partial charge in [-0.3, -0.25) is 0 Å². The lowest BCUT2D eigenvalue weighted by Gasteiger charge is -2.23. The first-order chi connectivity index (χ1) is 6.92. The van der Waals surface area contributed by atoms with Gasteiger partial charge in [0.05, 0.1) is 12.6 Å². The largest absolute Gasteiger partial charge is 0.444 e. The van der Waals surface area contributed by atoms with Crippen LogP contribution in [0.1, 0.15) is 27.2 Å². The lowest BCUT2D eigenvalue weighted by Crippen LogP contribution is -2.44. The third-order valence-electron chi connectivity index (χ3n) is 2.09. The molecule has 0 saturated carbocycles. The van der Waals surface area contributed by atoms with Gasteiger partial charge in [0.1, 0.15) is 11.7 Å². The quantitative estimate of drug-likeness (QED) is 0.713. The molecule has 0 aromatic heterocycles. The van der Waals surface area contributed by atoms with Crippen LogP contribution < -0.4 is 5.32 Å². The Morgan fingerprint density at radius 2 is 2.27 bits per heavy atom. The van der Waals surface area contributed by atoms with Crippen LogP contribution in [0.5, 0.6) is 0 Å². The second-order valence-electron chi connectivity index (χ2n) is 4.63. The van der Waals surface area contributed by atoms with Crippen LogP contribution in [0.2, 0.25) is 0 Å². The minimum Gasteiger partial charge on any atom is -0.444 e. The number of rotatable bonds is 2. The van der Waals surface area contributed by atoms with E-state index in [4.69, 9.17) is 14.6 Å². The molecular weight excluding hydrogens is 198 g/mol. The summed E-state index contributed by atoms with van der Waals surface area (Å²) in [7, 11) is 0. The number of alkyl carbamates (subject to hydrolysis) is 1. The molecule has 88 valence electrons. The summed E-state index contributed by atoms with van der Waals surface area (Å²) in [6, 6.07) is -0.148. The molecule has 1 aliphatic heterocycles. The standard InChI is InChI=1S/C10H19NO4/c1-10(2,3)15-9(13)11-7-4-5-14-8(7)6-12/h7-8,12H,4-6H2,1-3H3,(H,11,13)/t7-,8+/m1/s1. The molecule has 1 saturated heterocycles. The van der Waals surface area contributed by atoms with Crippen LogP contribution >= 0.6 is 0 Å². The van der Waals surface area contributed by atoms with Crippen molar-refractivity contribution in [2.24, 2.45) is 0 Å². The van der Waals surface area contributed by atoms with E-state index in [2.05, 4.69) is 5.32 Å². The summed E-state index contributed by atoms with van der Waals surface area (Å²) < 4.78 is 10.3. The number of aliphatic hydroxyl groups is 1. The molecule has 0 unspecified atom stereocenters. The molecule has 0 spiro atoms. The van der Waals surface area contributed by atoms with Gasteiger partial charge in [-0.05, 0) is 27.2 Å². The Hall–Kier alpha value is -0.810. The van der Waals surface area contributed by atoms with Gasteiger partial charge in [0.15, 0.2) is 0 Å². The molecule has 1 rings (SSSR count). The second-order valence-corrected chi connectivity index (χ2v) is 4.63. The van der Waals surface area contributed by atoms with Gasteiger partial charge >= 0.3 is 6.09 Å². The molecule has 0 radical (unpaired) electrons. The predicted molar refractivity (Wildman–Crippen MR) is 54.6 cm³/mol.